The third-order valence-electron chi connectivity index (χ3n) is 7.25. The number of hydrogen-bond donors (Lipinski definition) is 1. The van der Waals surface area contributed by atoms with Crippen molar-refractivity contribution in [1.29, 1.82) is 0 Å². The Morgan fingerprint density at radius 3 is 1.98 bits per heavy atom. The van der Waals surface area contributed by atoms with E-state index >= 15 is 0 Å². The highest BCUT2D eigenvalue weighted by atomic mass is 16.5. The summed E-state index contributed by atoms with van der Waals surface area (Å²) >= 11 is 0. The average Bonchev–Trinajstić information content (AvgIpc) is 3.09. The van der Waals surface area contributed by atoms with Crippen LogP contribution in [0.15, 0.2) is 108 Å². The summed E-state index contributed by atoms with van der Waals surface area (Å²) in [6, 6.07) is 31.3. The van der Waals surface area contributed by atoms with Gasteiger partial charge in [-0.25, -0.2) is 5.43 Å². The molecule has 0 saturated carbocycles. The Morgan fingerprint density at radius 1 is 0.711 bits per heavy atom. The van der Waals surface area contributed by atoms with Crippen molar-refractivity contribution >= 4 is 34.5 Å². The Morgan fingerprint density at radius 2 is 1.36 bits per heavy atom. The number of fused-ring (bicyclic) bond motifs is 1. The lowest BCUT2D eigenvalue weighted by molar-refractivity contribution is 0.0951. The van der Waals surface area contributed by atoms with E-state index in [1.165, 1.54) is 21.3 Å². The Balaban J connectivity index is 1.37. The van der Waals surface area contributed by atoms with Gasteiger partial charge in [0.2, 0.25) is 5.75 Å². The van der Waals surface area contributed by atoms with E-state index in [1.807, 2.05) is 66.7 Å². The Bertz CT molecular complexity index is 1810. The molecule has 1 N–H and O–H groups in total. The number of amides is 2. The number of rotatable bonds is 11. The first-order chi connectivity index (χ1) is 21.9. The van der Waals surface area contributed by atoms with Gasteiger partial charge in [-0.05, 0) is 64.4 Å². The van der Waals surface area contributed by atoms with Crippen molar-refractivity contribution in [2.75, 3.05) is 33.3 Å². The predicted molar refractivity (Wildman–Crippen MR) is 175 cm³/mol. The van der Waals surface area contributed by atoms with Crippen molar-refractivity contribution in [3.63, 3.8) is 0 Å². The van der Waals surface area contributed by atoms with Crippen LogP contribution in [0.4, 0.5) is 5.69 Å². The van der Waals surface area contributed by atoms with Crippen LogP contribution in [0.2, 0.25) is 0 Å². The summed E-state index contributed by atoms with van der Waals surface area (Å²) in [6.45, 7) is 0.243. The van der Waals surface area contributed by atoms with Crippen molar-refractivity contribution in [3.8, 4) is 23.0 Å². The van der Waals surface area contributed by atoms with Gasteiger partial charge in [-0.3, -0.25) is 9.59 Å². The second-order valence-electron chi connectivity index (χ2n) is 10.0. The molecule has 228 valence electrons. The molecule has 0 aliphatic heterocycles. The van der Waals surface area contributed by atoms with Crippen LogP contribution in [0.25, 0.3) is 10.8 Å². The fraction of sp³-hybridized carbons (Fsp3) is 0.139. The normalized spacial score (nSPS) is 10.8. The standard InChI is InChI=1S/C36H33N3O6/c1-42-31-17-10-24(11-18-31)23-39(30-20-32(43-2)34(45-4)33(21-30)44-3)36(41)28-15-13-27(14-16-28)35(40)38-37-22-25-9-12-26-7-5-6-8-29(26)19-25/h5-22H,23H2,1-4H3,(H,38,40)/b37-22+. The number of benzene rings is 5. The number of carbonyl (C=O) groups is 2. The molecular formula is C36H33N3O6. The van der Waals surface area contributed by atoms with E-state index < -0.39 is 5.91 Å². The Labute approximate surface area is 261 Å². The van der Waals surface area contributed by atoms with E-state index in [9.17, 15) is 9.59 Å². The van der Waals surface area contributed by atoms with Crippen LogP contribution in [0, 0.1) is 0 Å². The van der Waals surface area contributed by atoms with Crippen molar-refractivity contribution in [2.45, 2.75) is 6.54 Å². The molecule has 45 heavy (non-hydrogen) atoms. The van der Waals surface area contributed by atoms with Crippen LogP contribution < -0.4 is 29.3 Å². The van der Waals surface area contributed by atoms with Crippen LogP contribution in [0.3, 0.4) is 0 Å². The summed E-state index contributed by atoms with van der Waals surface area (Å²) in [5.41, 5.74) is 5.57. The number of methoxy groups -OCH3 is 4. The van der Waals surface area contributed by atoms with E-state index in [-0.39, 0.29) is 12.5 Å². The summed E-state index contributed by atoms with van der Waals surface area (Å²) in [6.07, 6.45) is 1.59. The highest BCUT2D eigenvalue weighted by Gasteiger charge is 2.23. The molecule has 0 aromatic heterocycles. The van der Waals surface area contributed by atoms with E-state index in [0.29, 0.717) is 39.8 Å². The van der Waals surface area contributed by atoms with Gasteiger partial charge < -0.3 is 23.8 Å². The van der Waals surface area contributed by atoms with Gasteiger partial charge in [-0.15, -0.1) is 0 Å². The lowest BCUT2D eigenvalue weighted by atomic mass is 10.1. The summed E-state index contributed by atoms with van der Waals surface area (Å²) < 4.78 is 21.8. The zero-order chi connectivity index (χ0) is 31.8. The van der Waals surface area contributed by atoms with Crippen LogP contribution >= 0.6 is 0 Å². The second-order valence-corrected chi connectivity index (χ2v) is 10.0. The molecule has 0 atom stereocenters. The molecule has 0 spiro atoms. The van der Waals surface area contributed by atoms with Crippen LogP contribution in [-0.4, -0.2) is 46.5 Å². The zero-order valence-electron chi connectivity index (χ0n) is 25.4. The van der Waals surface area contributed by atoms with Gasteiger partial charge in [0.25, 0.3) is 11.8 Å². The first-order valence-electron chi connectivity index (χ1n) is 14.1. The monoisotopic (exact) mass is 603 g/mol. The number of anilines is 1. The molecule has 9 heteroatoms. The van der Waals surface area contributed by atoms with Crippen molar-refractivity contribution < 1.29 is 28.5 Å². The van der Waals surface area contributed by atoms with Gasteiger partial charge in [-0.2, -0.15) is 5.10 Å². The minimum atomic E-state index is -0.397. The summed E-state index contributed by atoms with van der Waals surface area (Å²) in [4.78, 5) is 28.4. The highest BCUT2D eigenvalue weighted by molar-refractivity contribution is 6.07. The van der Waals surface area contributed by atoms with Crippen molar-refractivity contribution in [1.82, 2.24) is 5.43 Å². The van der Waals surface area contributed by atoms with E-state index in [4.69, 9.17) is 18.9 Å². The number of nitrogens with one attached hydrogen (secondary N) is 1. The van der Waals surface area contributed by atoms with Crippen molar-refractivity contribution in [2.24, 2.45) is 5.10 Å². The first-order valence-corrected chi connectivity index (χ1v) is 14.1. The SMILES string of the molecule is COc1ccc(CN(C(=O)c2ccc(C(=O)N/N=C/c3ccc4ccccc4c3)cc2)c2cc(OC)c(OC)c(OC)c2)cc1. The minimum Gasteiger partial charge on any atom is -0.497 e. The van der Waals surface area contributed by atoms with E-state index in [0.717, 1.165) is 21.9 Å². The summed E-state index contributed by atoms with van der Waals surface area (Å²) in [7, 11) is 6.16. The maximum absolute atomic E-state index is 14.0. The number of carbonyl (C=O) groups excluding carboxylic acids is 2. The molecular weight excluding hydrogens is 570 g/mol. The molecule has 5 aromatic rings. The lowest BCUT2D eigenvalue weighted by Gasteiger charge is -2.25. The molecule has 0 saturated heterocycles. The molecule has 0 aliphatic rings. The third kappa shape index (κ3) is 7.05. The third-order valence-corrected chi connectivity index (χ3v) is 7.25. The number of nitrogens with zero attached hydrogens (tertiary/aromatic N) is 2. The molecule has 5 rings (SSSR count). The first kappa shape index (κ1) is 30.6. The zero-order valence-corrected chi connectivity index (χ0v) is 25.4. The lowest BCUT2D eigenvalue weighted by Crippen LogP contribution is -2.30. The fourth-order valence-electron chi connectivity index (χ4n) is 4.86. The highest BCUT2D eigenvalue weighted by Crippen LogP contribution is 2.41. The molecule has 0 bridgehead atoms. The number of hydrazone groups is 1. The van der Waals surface area contributed by atoms with Gasteiger partial charge >= 0.3 is 0 Å². The van der Waals surface area contributed by atoms with Gasteiger partial charge in [0.1, 0.15) is 5.75 Å². The average molecular weight is 604 g/mol. The number of hydrogen-bond acceptors (Lipinski definition) is 7. The quantitative estimate of drug-likeness (QED) is 0.137. The maximum Gasteiger partial charge on any atom is 0.271 e. The Kier molecular flexibility index (Phi) is 9.59. The van der Waals surface area contributed by atoms with Crippen LogP contribution in [0.5, 0.6) is 23.0 Å². The molecule has 9 nitrogen and oxygen atoms in total. The smallest absolute Gasteiger partial charge is 0.271 e. The fourth-order valence-corrected chi connectivity index (χ4v) is 4.86. The largest absolute Gasteiger partial charge is 0.497 e. The molecule has 0 aliphatic carbocycles. The van der Waals surface area contributed by atoms with E-state index in [1.54, 1.807) is 54.6 Å². The molecule has 0 fully saturated rings. The molecule has 2 amide bonds. The number of ether oxygens (including phenoxy) is 4. The summed E-state index contributed by atoms with van der Waals surface area (Å²) in [5.74, 6) is 1.26. The van der Waals surface area contributed by atoms with Gasteiger partial charge in [0.05, 0.1) is 46.9 Å². The van der Waals surface area contributed by atoms with Crippen LogP contribution in [-0.2, 0) is 6.54 Å². The van der Waals surface area contributed by atoms with Crippen molar-refractivity contribution in [3.05, 3.63) is 125 Å². The molecule has 5 aromatic carbocycles. The molecule has 0 heterocycles. The molecule has 0 radical (unpaired) electrons. The minimum absolute atomic E-state index is 0.243. The van der Waals surface area contributed by atoms with Gasteiger partial charge in [0, 0.05) is 23.3 Å². The van der Waals surface area contributed by atoms with Gasteiger partial charge in [0.15, 0.2) is 11.5 Å². The van der Waals surface area contributed by atoms with Gasteiger partial charge in [-0.1, -0.05) is 48.5 Å². The summed E-state index contributed by atoms with van der Waals surface area (Å²) in [5, 5.41) is 6.32. The van der Waals surface area contributed by atoms with E-state index in [2.05, 4.69) is 10.5 Å². The second kappa shape index (κ2) is 14.1. The topological polar surface area (TPSA) is 98.7 Å². The van der Waals surface area contributed by atoms with Crippen LogP contribution in [0.1, 0.15) is 31.8 Å². The molecule has 0 unspecified atom stereocenters. The Hall–Kier alpha value is -5.83. The predicted octanol–water partition coefficient (Wildman–Crippen LogP) is 6.49. The maximum atomic E-state index is 14.0.